The Labute approximate surface area is 189 Å². The maximum Gasteiger partial charge on any atom is 0.338 e. The first-order chi connectivity index (χ1) is 15.4. The molecule has 6 heteroatoms. The van der Waals surface area contributed by atoms with Gasteiger partial charge >= 0.3 is 5.97 Å². The molecule has 0 aliphatic carbocycles. The van der Waals surface area contributed by atoms with E-state index >= 15 is 0 Å². The molecule has 0 bridgehead atoms. The van der Waals surface area contributed by atoms with Crippen LogP contribution in [-0.2, 0) is 11.3 Å². The quantitative estimate of drug-likeness (QED) is 0.750. The number of hydrogen-bond donors (Lipinski definition) is 1. The van der Waals surface area contributed by atoms with E-state index in [2.05, 4.69) is 28.9 Å². The Kier molecular flexibility index (Phi) is 5.50. The number of fused-ring (bicyclic) bond motifs is 2. The van der Waals surface area contributed by atoms with Gasteiger partial charge in [0.15, 0.2) is 0 Å². The van der Waals surface area contributed by atoms with Gasteiger partial charge < -0.3 is 9.84 Å². The zero-order chi connectivity index (χ0) is 22.4. The lowest BCUT2D eigenvalue weighted by atomic mass is 9.91. The van der Waals surface area contributed by atoms with Gasteiger partial charge in [0.25, 0.3) is 0 Å². The van der Waals surface area contributed by atoms with Crippen LogP contribution in [-0.4, -0.2) is 59.6 Å². The number of ether oxygens (including phenoxy) is 1. The number of carbonyl (C=O) groups is 1. The summed E-state index contributed by atoms with van der Waals surface area (Å²) in [6.45, 7) is 8.94. The topological polar surface area (TPSA) is 76.8 Å². The first-order valence-corrected chi connectivity index (χ1v) is 11.4. The van der Waals surface area contributed by atoms with E-state index < -0.39 is 6.10 Å². The Balaban J connectivity index is 1.24. The van der Waals surface area contributed by atoms with E-state index in [0.717, 1.165) is 54.9 Å². The molecule has 2 aromatic rings. The Hall–Kier alpha value is -2.72. The number of benzene rings is 2. The predicted octanol–water partition coefficient (Wildman–Crippen LogP) is 3.05. The van der Waals surface area contributed by atoms with Crippen LogP contribution in [0.1, 0.15) is 62.2 Å². The largest absolute Gasteiger partial charge is 0.457 e. The number of β-amino-alcohol motifs (C(OH)–C–C–N with tert-alkyl or cyclic N) is 1. The number of carbonyl (C=O) groups excluding carboxylic acids is 1. The summed E-state index contributed by atoms with van der Waals surface area (Å²) in [5, 5.41) is 20.1. The number of hydrogen-bond acceptors (Lipinski definition) is 6. The molecule has 3 unspecified atom stereocenters. The highest BCUT2D eigenvalue weighted by molar-refractivity contribution is 5.93. The number of nitriles is 1. The van der Waals surface area contributed by atoms with Gasteiger partial charge in [0, 0.05) is 44.3 Å². The molecular weight excluding hydrogens is 402 g/mol. The zero-order valence-electron chi connectivity index (χ0n) is 18.7. The summed E-state index contributed by atoms with van der Waals surface area (Å²) in [6.07, 6.45) is 0.525. The number of aliphatic hydroxyl groups is 1. The number of esters is 1. The minimum Gasteiger partial charge on any atom is -0.457 e. The van der Waals surface area contributed by atoms with Crippen LogP contribution in [0.2, 0.25) is 0 Å². The fourth-order valence-electron chi connectivity index (χ4n) is 5.77. The summed E-state index contributed by atoms with van der Waals surface area (Å²) in [4.78, 5) is 16.7. The highest BCUT2D eigenvalue weighted by Gasteiger charge is 2.37. The van der Waals surface area contributed by atoms with Gasteiger partial charge in [-0.1, -0.05) is 12.1 Å². The van der Waals surface area contributed by atoms with E-state index in [1.54, 1.807) is 6.07 Å². The summed E-state index contributed by atoms with van der Waals surface area (Å²) in [7, 11) is 0. The number of aliphatic hydroxyl groups excluding tert-OH is 1. The molecule has 0 aromatic heterocycles. The second-order valence-corrected chi connectivity index (χ2v) is 9.42. The van der Waals surface area contributed by atoms with Gasteiger partial charge in [0.05, 0.1) is 23.3 Å². The molecule has 0 amide bonds. The van der Waals surface area contributed by atoms with E-state index in [1.807, 2.05) is 25.1 Å². The van der Waals surface area contributed by atoms with Gasteiger partial charge in [-0.15, -0.1) is 0 Å². The monoisotopic (exact) mass is 431 g/mol. The van der Waals surface area contributed by atoms with Crippen molar-refractivity contribution in [2.45, 2.75) is 44.9 Å². The van der Waals surface area contributed by atoms with Crippen molar-refractivity contribution >= 4 is 5.97 Å². The van der Waals surface area contributed by atoms with Crippen LogP contribution in [0.15, 0.2) is 30.3 Å². The average molecular weight is 432 g/mol. The van der Waals surface area contributed by atoms with Crippen LogP contribution in [0.3, 0.4) is 0 Å². The molecule has 3 aliphatic rings. The predicted molar refractivity (Wildman–Crippen MR) is 120 cm³/mol. The molecule has 166 valence electrons. The Morgan fingerprint density at radius 3 is 2.84 bits per heavy atom. The smallest absolute Gasteiger partial charge is 0.338 e. The van der Waals surface area contributed by atoms with Gasteiger partial charge in [0.1, 0.15) is 6.61 Å². The SMILES string of the molecule is Cc1cc(C#N)ccc1C1CC2CN(CC(O)c3ccc4c(c3C)COC4=O)CCN2C1. The number of piperazine rings is 1. The molecule has 2 aromatic carbocycles. The lowest BCUT2D eigenvalue weighted by molar-refractivity contribution is 0.0534. The third kappa shape index (κ3) is 3.71. The third-order valence-corrected chi connectivity index (χ3v) is 7.54. The van der Waals surface area contributed by atoms with Crippen LogP contribution in [0, 0.1) is 25.2 Å². The van der Waals surface area contributed by atoms with Gasteiger partial charge in [-0.3, -0.25) is 9.80 Å². The molecule has 0 spiro atoms. The van der Waals surface area contributed by atoms with Crippen molar-refractivity contribution in [2.75, 3.05) is 32.7 Å². The second kappa shape index (κ2) is 8.32. The molecule has 32 heavy (non-hydrogen) atoms. The molecule has 1 N–H and O–H groups in total. The average Bonchev–Trinajstić information content (AvgIpc) is 3.37. The lowest BCUT2D eigenvalue weighted by Gasteiger charge is -2.38. The minimum atomic E-state index is -0.583. The van der Waals surface area contributed by atoms with Gasteiger partial charge in [-0.25, -0.2) is 4.79 Å². The standard InChI is InChI=1S/C26H29N3O3/c1-16-9-18(11-27)3-4-21(16)19-10-20-13-28(7-8-29(20)12-19)14-25(30)22-5-6-23-24(17(22)2)15-32-26(23)31/h3-6,9,19-20,25,30H,7-8,10,12-15H2,1-2H3. The summed E-state index contributed by atoms with van der Waals surface area (Å²) in [5.41, 5.74) is 6.68. The van der Waals surface area contributed by atoms with Crippen molar-refractivity contribution in [1.29, 1.82) is 5.26 Å². The van der Waals surface area contributed by atoms with Crippen molar-refractivity contribution in [3.8, 4) is 6.07 Å². The van der Waals surface area contributed by atoms with E-state index in [9.17, 15) is 9.90 Å². The zero-order valence-corrected chi connectivity index (χ0v) is 18.7. The van der Waals surface area contributed by atoms with Crippen molar-refractivity contribution in [1.82, 2.24) is 9.80 Å². The number of aryl methyl sites for hydroxylation is 1. The van der Waals surface area contributed by atoms with Gasteiger partial charge in [-0.2, -0.15) is 5.26 Å². The maximum atomic E-state index is 11.8. The van der Waals surface area contributed by atoms with E-state index in [4.69, 9.17) is 10.00 Å². The van der Waals surface area contributed by atoms with E-state index in [0.29, 0.717) is 30.7 Å². The number of rotatable bonds is 4. The third-order valence-electron chi connectivity index (χ3n) is 7.54. The summed E-state index contributed by atoms with van der Waals surface area (Å²) < 4.78 is 5.15. The normalized spacial score (nSPS) is 24.0. The van der Waals surface area contributed by atoms with E-state index in [1.165, 1.54) is 11.1 Å². The number of cyclic esters (lactones) is 1. The summed E-state index contributed by atoms with van der Waals surface area (Å²) in [6, 6.07) is 12.4. The van der Waals surface area contributed by atoms with Crippen molar-refractivity contribution in [3.05, 3.63) is 69.3 Å². The first kappa shape index (κ1) is 21.1. The molecular formula is C26H29N3O3. The van der Waals surface area contributed by atoms with Crippen molar-refractivity contribution in [3.63, 3.8) is 0 Å². The lowest BCUT2D eigenvalue weighted by Crippen LogP contribution is -2.51. The van der Waals surface area contributed by atoms with Crippen LogP contribution in [0.4, 0.5) is 0 Å². The highest BCUT2D eigenvalue weighted by atomic mass is 16.5. The van der Waals surface area contributed by atoms with Crippen molar-refractivity contribution < 1.29 is 14.6 Å². The van der Waals surface area contributed by atoms with Gasteiger partial charge in [0.2, 0.25) is 0 Å². The minimum absolute atomic E-state index is 0.270. The van der Waals surface area contributed by atoms with Crippen LogP contribution < -0.4 is 0 Å². The van der Waals surface area contributed by atoms with E-state index in [-0.39, 0.29) is 5.97 Å². The molecule has 3 atom stereocenters. The maximum absolute atomic E-state index is 11.8. The Morgan fingerprint density at radius 1 is 1.22 bits per heavy atom. The van der Waals surface area contributed by atoms with Crippen molar-refractivity contribution in [2.24, 2.45) is 0 Å². The Morgan fingerprint density at radius 2 is 2.06 bits per heavy atom. The first-order valence-electron chi connectivity index (χ1n) is 11.4. The van der Waals surface area contributed by atoms with Crippen LogP contribution in [0.5, 0.6) is 0 Å². The number of nitrogens with zero attached hydrogens (tertiary/aromatic N) is 3. The van der Waals surface area contributed by atoms with Crippen LogP contribution in [0.25, 0.3) is 0 Å². The molecule has 6 nitrogen and oxygen atoms in total. The summed E-state index contributed by atoms with van der Waals surface area (Å²) in [5.74, 6) is 0.225. The molecule has 3 aliphatic heterocycles. The summed E-state index contributed by atoms with van der Waals surface area (Å²) >= 11 is 0. The molecule has 0 radical (unpaired) electrons. The fourth-order valence-corrected chi connectivity index (χ4v) is 5.77. The molecule has 0 saturated carbocycles. The van der Waals surface area contributed by atoms with Crippen LogP contribution >= 0.6 is 0 Å². The molecule has 3 heterocycles. The fraction of sp³-hybridized carbons (Fsp3) is 0.462. The molecule has 5 rings (SSSR count). The Bertz CT molecular complexity index is 1110. The second-order valence-electron chi connectivity index (χ2n) is 9.42. The molecule has 2 fully saturated rings. The highest BCUT2D eigenvalue weighted by Crippen LogP contribution is 2.36. The molecule has 2 saturated heterocycles. The van der Waals surface area contributed by atoms with Gasteiger partial charge in [-0.05, 0) is 66.6 Å².